The van der Waals surface area contributed by atoms with Gasteiger partial charge in [-0.15, -0.1) is 5.10 Å². The molecule has 1 saturated carbocycles. The Balaban J connectivity index is 2.03. The van der Waals surface area contributed by atoms with Crippen molar-refractivity contribution < 1.29 is 9.90 Å². The molecule has 1 N–H and O–H groups in total. The molecule has 0 bridgehead atoms. The smallest absolute Gasteiger partial charge is 0.172 e. The molecular weight excluding hydrogens is 206 g/mol. The Hall–Kier alpha value is -1.23. The number of aromatic nitrogens is 3. The van der Waals surface area contributed by atoms with Gasteiger partial charge in [-0.2, -0.15) is 0 Å². The van der Waals surface area contributed by atoms with Gasteiger partial charge < -0.3 is 5.11 Å². The maximum absolute atomic E-state index is 10.8. The summed E-state index contributed by atoms with van der Waals surface area (Å²) in [5, 5.41) is 16.6. The van der Waals surface area contributed by atoms with Gasteiger partial charge in [0.05, 0.1) is 5.69 Å². The van der Waals surface area contributed by atoms with Crippen molar-refractivity contribution in [2.45, 2.75) is 38.6 Å². The minimum absolute atomic E-state index is 0.202. The average molecular weight is 223 g/mol. The Morgan fingerprint density at radius 1 is 1.44 bits per heavy atom. The zero-order valence-electron chi connectivity index (χ0n) is 9.30. The third kappa shape index (κ3) is 2.66. The molecule has 16 heavy (non-hydrogen) atoms. The van der Waals surface area contributed by atoms with E-state index < -0.39 is 0 Å². The number of hydrogen-bond donors (Lipinski definition) is 1. The second-order valence-corrected chi connectivity index (χ2v) is 4.34. The zero-order valence-corrected chi connectivity index (χ0v) is 9.30. The van der Waals surface area contributed by atoms with Gasteiger partial charge >= 0.3 is 0 Å². The van der Waals surface area contributed by atoms with E-state index in [1.54, 1.807) is 0 Å². The molecule has 0 aromatic carbocycles. The van der Waals surface area contributed by atoms with E-state index in [1.165, 1.54) is 12.8 Å². The predicted octanol–water partition coefficient (Wildman–Crippen LogP) is 0.816. The minimum Gasteiger partial charge on any atom is -0.396 e. The predicted molar refractivity (Wildman–Crippen MR) is 58.2 cm³/mol. The van der Waals surface area contributed by atoms with Crippen LogP contribution in [-0.4, -0.2) is 33.0 Å². The number of nitrogens with zero attached hydrogens (tertiary/aromatic N) is 3. The highest BCUT2D eigenvalue weighted by molar-refractivity contribution is 5.73. The summed E-state index contributed by atoms with van der Waals surface area (Å²) in [6.07, 6.45) is 5.84. The number of hydrogen-bond acceptors (Lipinski definition) is 4. The van der Waals surface area contributed by atoms with Crippen molar-refractivity contribution in [1.82, 2.24) is 15.0 Å². The quantitative estimate of drug-likeness (QED) is 0.549. The number of aliphatic hydroxyl groups excluding tert-OH is 1. The zero-order chi connectivity index (χ0) is 11.4. The molecule has 1 aliphatic carbocycles. The van der Waals surface area contributed by atoms with E-state index in [4.69, 9.17) is 5.11 Å². The monoisotopic (exact) mass is 223 g/mol. The number of aliphatic hydroxyl groups is 1. The maximum Gasteiger partial charge on any atom is 0.172 e. The van der Waals surface area contributed by atoms with E-state index >= 15 is 0 Å². The first-order valence-electron chi connectivity index (χ1n) is 5.83. The fourth-order valence-corrected chi connectivity index (χ4v) is 1.80. The van der Waals surface area contributed by atoms with Crippen molar-refractivity contribution in [2.75, 3.05) is 6.61 Å². The van der Waals surface area contributed by atoms with E-state index in [9.17, 15) is 4.79 Å². The summed E-state index contributed by atoms with van der Waals surface area (Å²) in [5.74, 6) is 0.716. The van der Waals surface area contributed by atoms with Crippen molar-refractivity contribution in [2.24, 2.45) is 5.92 Å². The molecule has 2 rings (SSSR count). The topological polar surface area (TPSA) is 68.0 Å². The third-order valence-electron chi connectivity index (χ3n) is 2.94. The van der Waals surface area contributed by atoms with Gasteiger partial charge in [-0.3, -0.25) is 4.79 Å². The molecule has 5 heteroatoms. The second kappa shape index (κ2) is 5.21. The second-order valence-electron chi connectivity index (χ2n) is 4.34. The molecule has 0 unspecified atom stereocenters. The summed E-state index contributed by atoms with van der Waals surface area (Å²) in [5.41, 5.74) is 1.45. The van der Waals surface area contributed by atoms with Crippen LogP contribution in [0.5, 0.6) is 0 Å². The normalized spacial score (nSPS) is 15.3. The van der Waals surface area contributed by atoms with Gasteiger partial charge in [0.15, 0.2) is 6.29 Å². The molecule has 0 spiro atoms. The Morgan fingerprint density at radius 2 is 2.25 bits per heavy atom. The summed E-state index contributed by atoms with van der Waals surface area (Å²) in [4.78, 5) is 10.8. The summed E-state index contributed by atoms with van der Waals surface area (Å²) < 4.78 is 1.82. The minimum atomic E-state index is 0.202. The van der Waals surface area contributed by atoms with E-state index in [-0.39, 0.29) is 6.61 Å². The van der Waals surface area contributed by atoms with Gasteiger partial charge in [-0.1, -0.05) is 5.21 Å². The molecule has 0 radical (unpaired) electrons. The van der Waals surface area contributed by atoms with Crippen LogP contribution in [-0.2, 0) is 13.0 Å². The fourth-order valence-electron chi connectivity index (χ4n) is 1.80. The first-order chi connectivity index (χ1) is 7.85. The number of carbonyl (C=O) groups excluding carboxylic acids is 1. The molecule has 0 amide bonds. The van der Waals surface area contributed by atoms with Crippen LogP contribution < -0.4 is 0 Å². The van der Waals surface area contributed by atoms with Crippen LogP contribution in [0.2, 0.25) is 0 Å². The van der Waals surface area contributed by atoms with Crippen LogP contribution in [0, 0.1) is 5.92 Å². The van der Waals surface area contributed by atoms with Crippen LogP contribution >= 0.6 is 0 Å². The van der Waals surface area contributed by atoms with Crippen LogP contribution in [0.4, 0.5) is 0 Å². The first kappa shape index (κ1) is 11.3. The summed E-state index contributed by atoms with van der Waals surface area (Å²) in [6.45, 7) is 0.941. The summed E-state index contributed by atoms with van der Waals surface area (Å²) >= 11 is 0. The fraction of sp³-hybridized carbons (Fsp3) is 0.727. The largest absolute Gasteiger partial charge is 0.396 e. The number of aldehydes is 1. The Bertz CT molecular complexity index is 358. The highest BCUT2D eigenvalue weighted by atomic mass is 16.2. The van der Waals surface area contributed by atoms with Crippen molar-refractivity contribution in [3.8, 4) is 0 Å². The molecule has 1 aromatic rings. The number of aryl methyl sites for hydroxylation is 1. The number of unbranched alkanes of at least 4 members (excludes halogenated alkanes) is 1. The molecule has 0 aliphatic heterocycles. The first-order valence-corrected chi connectivity index (χ1v) is 5.83. The molecule has 1 aliphatic rings. The molecule has 1 heterocycles. The number of rotatable bonds is 7. The molecule has 5 nitrogen and oxygen atoms in total. The van der Waals surface area contributed by atoms with Gasteiger partial charge in [0.1, 0.15) is 5.69 Å². The van der Waals surface area contributed by atoms with E-state index in [2.05, 4.69) is 10.3 Å². The molecule has 0 atom stereocenters. The van der Waals surface area contributed by atoms with Crippen LogP contribution in [0.15, 0.2) is 0 Å². The Morgan fingerprint density at radius 3 is 2.88 bits per heavy atom. The van der Waals surface area contributed by atoms with E-state index in [0.29, 0.717) is 11.6 Å². The standard InChI is InChI=1S/C11H17N3O2/c15-6-2-1-5-14-11(7-9-3-4-9)10(8-16)12-13-14/h8-9,15H,1-7H2. The van der Waals surface area contributed by atoms with Gasteiger partial charge in [-0.05, 0) is 38.0 Å². The lowest BCUT2D eigenvalue weighted by atomic mass is 10.2. The van der Waals surface area contributed by atoms with Gasteiger partial charge in [0.25, 0.3) is 0 Å². The van der Waals surface area contributed by atoms with Crippen molar-refractivity contribution in [3.63, 3.8) is 0 Å². The van der Waals surface area contributed by atoms with Gasteiger partial charge in [0.2, 0.25) is 0 Å². The summed E-state index contributed by atoms with van der Waals surface area (Å²) in [7, 11) is 0. The van der Waals surface area contributed by atoms with Crippen molar-refractivity contribution in [3.05, 3.63) is 11.4 Å². The molecule has 88 valence electrons. The van der Waals surface area contributed by atoms with Gasteiger partial charge in [-0.25, -0.2) is 4.68 Å². The lowest BCUT2D eigenvalue weighted by Gasteiger charge is -2.05. The van der Waals surface area contributed by atoms with E-state index in [0.717, 1.165) is 37.8 Å². The van der Waals surface area contributed by atoms with Crippen molar-refractivity contribution >= 4 is 6.29 Å². The van der Waals surface area contributed by atoms with Crippen LogP contribution in [0.3, 0.4) is 0 Å². The molecular formula is C11H17N3O2. The highest BCUT2D eigenvalue weighted by Gasteiger charge is 2.25. The average Bonchev–Trinajstić information content (AvgIpc) is 3.02. The lowest BCUT2D eigenvalue weighted by molar-refractivity contribution is 0.111. The van der Waals surface area contributed by atoms with Crippen LogP contribution in [0.25, 0.3) is 0 Å². The summed E-state index contributed by atoms with van der Waals surface area (Å²) in [6, 6.07) is 0. The Kier molecular flexibility index (Phi) is 3.66. The van der Waals surface area contributed by atoms with E-state index in [1.807, 2.05) is 4.68 Å². The van der Waals surface area contributed by atoms with Crippen molar-refractivity contribution in [1.29, 1.82) is 0 Å². The highest BCUT2D eigenvalue weighted by Crippen LogP contribution is 2.32. The Labute approximate surface area is 94.5 Å². The third-order valence-corrected chi connectivity index (χ3v) is 2.94. The SMILES string of the molecule is O=Cc1nnn(CCCCO)c1CC1CC1. The maximum atomic E-state index is 10.8. The molecule has 1 fully saturated rings. The van der Waals surface area contributed by atoms with Gasteiger partial charge in [0, 0.05) is 13.2 Å². The molecule has 1 aromatic heterocycles. The number of carbonyl (C=O) groups is 1. The lowest BCUT2D eigenvalue weighted by Crippen LogP contribution is -2.07. The molecule has 0 saturated heterocycles. The van der Waals surface area contributed by atoms with Crippen LogP contribution in [0.1, 0.15) is 41.9 Å².